The van der Waals surface area contributed by atoms with Gasteiger partial charge in [-0.25, -0.2) is 0 Å². The van der Waals surface area contributed by atoms with E-state index in [-0.39, 0.29) is 12.8 Å². The molecule has 12 heteroatoms. The van der Waals surface area contributed by atoms with Crippen LogP contribution in [0.2, 0.25) is 0 Å². The van der Waals surface area contributed by atoms with Gasteiger partial charge >= 0.3 is 11.9 Å². The number of aliphatic carboxylic acids is 2. The highest BCUT2D eigenvalue weighted by Crippen LogP contribution is 2.04. The second kappa shape index (κ2) is 19.1. The molecule has 0 aromatic heterocycles. The summed E-state index contributed by atoms with van der Waals surface area (Å²) in [5, 5.41) is 18.2. The summed E-state index contributed by atoms with van der Waals surface area (Å²) in [6.07, 6.45) is 1.77. The summed E-state index contributed by atoms with van der Waals surface area (Å²) >= 11 is 0. The van der Waals surface area contributed by atoms with Crippen molar-refractivity contribution < 1.29 is 38.9 Å². The van der Waals surface area contributed by atoms with E-state index < -0.39 is 11.9 Å². The Hall–Kier alpha value is -2.28. The molecule has 12 nitrogen and oxygen atoms in total. The van der Waals surface area contributed by atoms with Gasteiger partial charge in [-0.3, -0.25) is 29.0 Å². The second-order valence-electron chi connectivity index (χ2n) is 8.30. The zero-order valence-corrected chi connectivity index (χ0v) is 20.0. The Morgan fingerprint density at radius 1 is 0.588 bits per heavy atom. The molecule has 0 aromatic carbocycles. The third-order valence-corrected chi connectivity index (χ3v) is 5.83. The smallest absolute Gasteiger partial charge is 0.304 e. The highest BCUT2D eigenvalue weighted by Gasteiger charge is 2.16. The van der Waals surface area contributed by atoms with Crippen LogP contribution in [0.15, 0.2) is 0 Å². The molecule has 0 aliphatic carbocycles. The third kappa shape index (κ3) is 15.5. The number of carboxylic acid groups (broad SMARTS) is 2. The Morgan fingerprint density at radius 3 is 1.21 bits per heavy atom. The van der Waals surface area contributed by atoms with Crippen molar-refractivity contribution in [2.24, 2.45) is 0 Å². The number of ether oxygens (including phenoxy) is 2. The molecule has 2 N–H and O–H groups in total. The van der Waals surface area contributed by atoms with E-state index in [0.29, 0.717) is 65.4 Å². The van der Waals surface area contributed by atoms with E-state index in [9.17, 15) is 19.2 Å². The fourth-order valence-corrected chi connectivity index (χ4v) is 3.91. The van der Waals surface area contributed by atoms with Crippen molar-refractivity contribution in [2.75, 3.05) is 91.8 Å². The first kappa shape index (κ1) is 29.8. The first-order valence-electron chi connectivity index (χ1n) is 11.9. The Balaban J connectivity index is 2.83. The Labute approximate surface area is 201 Å². The molecule has 0 bridgehead atoms. The molecule has 196 valence electrons. The summed E-state index contributed by atoms with van der Waals surface area (Å²) in [7, 11) is 0. The maximum absolute atomic E-state index is 11.1. The highest BCUT2D eigenvalue weighted by molar-refractivity contribution is 5.67. The number of carbonyl (C=O) groups is 4. The van der Waals surface area contributed by atoms with Gasteiger partial charge in [-0.15, -0.1) is 0 Å². The summed E-state index contributed by atoms with van der Waals surface area (Å²) in [6.45, 7) is 9.42. The number of rotatable bonds is 14. The van der Waals surface area contributed by atoms with Crippen molar-refractivity contribution in [2.45, 2.75) is 25.7 Å². The lowest BCUT2D eigenvalue weighted by molar-refractivity contribution is -0.138. The van der Waals surface area contributed by atoms with E-state index in [0.717, 1.165) is 52.1 Å². The standard InChI is InChI=1S/C22H40N4O8/c27-19-33-17-15-25-7-1-5-23(9-3-21(29)30)11-12-24(10-4-22(31)32)6-2-8-26(14-13-25)16-18-34-20-28/h19-20H,1-18H2,(H,29,30)(H,31,32). The highest BCUT2D eigenvalue weighted by atomic mass is 16.5. The molecule has 1 saturated heterocycles. The largest absolute Gasteiger partial charge is 0.481 e. The number of carbonyl (C=O) groups excluding carboxylic acids is 2. The van der Waals surface area contributed by atoms with Gasteiger partial charge in [0.15, 0.2) is 0 Å². The van der Waals surface area contributed by atoms with E-state index in [4.69, 9.17) is 19.7 Å². The van der Waals surface area contributed by atoms with Crippen LogP contribution in [-0.4, -0.2) is 146 Å². The van der Waals surface area contributed by atoms with Crippen molar-refractivity contribution in [3.05, 3.63) is 0 Å². The minimum absolute atomic E-state index is 0.0594. The molecule has 1 aliphatic rings. The van der Waals surface area contributed by atoms with Crippen molar-refractivity contribution in [3.63, 3.8) is 0 Å². The molecule has 1 aliphatic heterocycles. The normalized spacial score (nSPS) is 18.6. The summed E-state index contributed by atoms with van der Waals surface area (Å²) in [6, 6.07) is 0. The van der Waals surface area contributed by atoms with Gasteiger partial charge in [-0.2, -0.15) is 0 Å². The molecule has 1 heterocycles. The van der Waals surface area contributed by atoms with Gasteiger partial charge in [0, 0.05) is 52.4 Å². The monoisotopic (exact) mass is 488 g/mol. The predicted octanol–water partition coefficient (Wildman–Crippen LogP) is -0.716. The van der Waals surface area contributed by atoms with Crippen LogP contribution >= 0.6 is 0 Å². The minimum atomic E-state index is -0.839. The Morgan fingerprint density at radius 2 is 0.912 bits per heavy atom. The topological polar surface area (TPSA) is 140 Å². The zero-order valence-electron chi connectivity index (χ0n) is 20.0. The molecular weight excluding hydrogens is 448 g/mol. The second-order valence-corrected chi connectivity index (χ2v) is 8.30. The van der Waals surface area contributed by atoms with E-state index in [1.807, 2.05) is 0 Å². The summed E-state index contributed by atoms with van der Waals surface area (Å²) < 4.78 is 9.74. The van der Waals surface area contributed by atoms with Crippen LogP contribution in [0, 0.1) is 0 Å². The van der Waals surface area contributed by atoms with E-state index >= 15 is 0 Å². The van der Waals surface area contributed by atoms with Gasteiger partial charge < -0.3 is 29.5 Å². The first-order valence-corrected chi connectivity index (χ1v) is 11.9. The fraction of sp³-hybridized carbons (Fsp3) is 0.818. The predicted molar refractivity (Wildman–Crippen MR) is 124 cm³/mol. The van der Waals surface area contributed by atoms with Gasteiger partial charge in [0.05, 0.1) is 12.8 Å². The maximum atomic E-state index is 11.1. The molecule has 0 saturated carbocycles. The third-order valence-electron chi connectivity index (χ3n) is 5.83. The molecule has 0 spiro atoms. The molecule has 0 atom stereocenters. The summed E-state index contributed by atoms with van der Waals surface area (Å²) in [5.41, 5.74) is 0. The Kier molecular flexibility index (Phi) is 16.7. The lowest BCUT2D eigenvalue weighted by Gasteiger charge is -2.31. The van der Waals surface area contributed by atoms with Crippen molar-refractivity contribution in [3.8, 4) is 0 Å². The lowest BCUT2D eigenvalue weighted by Crippen LogP contribution is -2.43. The number of nitrogens with zero attached hydrogens (tertiary/aromatic N) is 4. The Bertz CT molecular complexity index is 545. The van der Waals surface area contributed by atoms with Crippen LogP contribution in [0.3, 0.4) is 0 Å². The molecule has 1 fully saturated rings. The van der Waals surface area contributed by atoms with Crippen LogP contribution < -0.4 is 0 Å². The van der Waals surface area contributed by atoms with Crippen LogP contribution in [0.5, 0.6) is 0 Å². The SMILES string of the molecule is O=COCCN1CCCN(CCC(=O)O)CCN(CCC(=O)O)CCCN(CCOC=O)CC1. The van der Waals surface area contributed by atoms with Gasteiger partial charge in [0.1, 0.15) is 13.2 Å². The zero-order chi connectivity index (χ0) is 25.0. The number of hydrogen-bond acceptors (Lipinski definition) is 10. The number of carboxylic acids is 2. The van der Waals surface area contributed by atoms with E-state index in [2.05, 4.69) is 19.6 Å². The first-order chi connectivity index (χ1) is 16.4. The summed E-state index contributed by atoms with van der Waals surface area (Å²) in [5.74, 6) is -1.68. The lowest BCUT2D eigenvalue weighted by atomic mass is 10.2. The van der Waals surface area contributed by atoms with E-state index in [1.54, 1.807) is 0 Å². The molecule has 34 heavy (non-hydrogen) atoms. The van der Waals surface area contributed by atoms with Crippen LogP contribution in [0.1, 0.15) is 25.7 Å². The van der Waals surface area contributed by atoms with E-state index in [1.165, 1.54) is 0 Å². The summed E-state index contributed by atoms with van der Waals surface area (Å²) in [4.78, 5) is 51.9. The van der Waals surface area contributed by atoms with Gasteiger partial charge in [0.25, 0.3) is 12.9 Å². The average molecular weight is 489 g/mol. The number of hydrogen-bond donors (Lipinski definition) is 2. The van der Waals surface area contributed by atoms with Gasteiger partial charge in [0.2, 0.25) is 0 Å². The molecular formula is C22H40N4O8. The average Bonchev–Trinajstić information content (AvgIpc) is 2.80. The van der Waals surface area contributed by atoms with Crippen LogP contribution in [-0.2, 0) is 28.7 Å². The minimum Gasteiger partial charge on any atom is -0.481 e. The van der Waals surface area contributed by atoms with Gasteiger partial charge in [-0.05, 0) is 39.0 Å². The maximum Gasteiger partial charge on any atom is 0.304 e. The molecule has 0 unspecified atom stereocenters. The van der Waals surface area contributed by atoms with Crippen molar-refractivity contribution in [1.82, 2.24) is 19.6 Å². The van der Waals surface area contributed by atoms with Crippen LogP contribution in [0.4, 0.5) is 0 Å². The van der Waals surface area contributed by atoms with Crippen LogP contribution in [0.25, 0.3) is 0 Å². The van der Waals surface area contributed by atoms with Crippen molar-refractivity contribution >= 4 is 24.9 Å². The fourth-order valence-electron chi connectivity index (χ4n) is 3.91. The quantitative estimate of drug-likeness (QED) is 0.236. The molecule has 0 aromatic rings. The molecule has 0 amide bonds. The van der Waals surface area contributed by atoms with Gasteiger partial charge in [-0.1, -0.05) is 0 Å². The molecule has 1 rings (SSSR count). The molecule has 0 radical (unpaired) electrons. The van der Waals surface area contributed by atoms with Crippen molar-refractivity contribution in [1.29, 1.82) is 0 Å².